The van der Waals surface area contributed by atoms with Gasteiger partial charge in [-0.3, -0.25) is 4.72 Å². The second-order valence-corrected chi connectivity index (χ2v) is 3.59. The third-order valence-electron chi connectivity index (χ3n) is 1.72. The standard InChI is InChI=1S/C11H13NS.C2H6/c1-4-9-6-7-11(13-12-3)8-10(9)5-2;1-2/h4-8,12H,1-2H2,3H3;1-2H3. The highest BCUT2D eigenvalue weighted by molar-refractivity contribution is 7.97. The molecule has 0 aliphatic rings. The van der Waals surface area contributed by atoms with E-state index in [-0.39, 0.29) is 0 Å². The highest BCUT2D eigenvalue weighted by Crippen LogP contribution is 2.20. The van der Waals surface area contributed by atoms with Crippen LogP contribution in [0.3, 0.4) is 0 Å². The van der Waals surface area contributed by atoms with Gasteiger partial charge in [0.1, 0.15) is 0 Å². The van der Waals surface area contributed by atoms with Crippen LogP contribution in [0.15, 0.2) is 36.3 Å². The molecule has 1 nitrogen and oxygen atoms in total. The summed E-state index contributed by atoms with van der Waals surface area (Å²) >= 11 is 1.59. The monoisotopic (exact) mass is 221 g/mol. The number of hydrogen-bond acceptors (Lipinski definition) is 2. The largest absolute Gasteiger partial charge is 0.263 e. The SMILES string of the molecule is C=Cc1ccc(SNC)cc1C=C.CC. The molecule has 15 heavy (non-hydrogen) atoms. The Morgan fingerprint density at radius 1 is 1.13 bits per heavy atom. The molecular weight excluding hydrogens is 202 g/mol. The number of rotatable bonds is 4. The minimum Gasteiger partial charge on any atom is -0.263 e. The van der Waals surface area contributed by atoms with Crippen LogP contribution in [-0.4, -0.2) is 7.05 Å². The van der Waals surface area contributed by atoms with Crippen LogP contribution in [-0.2, 0) is 0 Å². The molecule has 1 N–H and O–H groups in total. The molecule has 0 amide bonds. The van der Waals surface area contributed by atoms with E-state index in [0.717, 1.165) is 11.1 Å². The van der Waals surface area contributed by atoms with Crippen molar-refractivity contribution in [1.82, 2.24) is 4.72 Å². The summed E-state index contributed by atoms with van der Waals surface area (Å²) in [6, 6.07) is 6.19. The first-order valence-corrected chi connectivity index (χ1v) is 5.86. The van der Waals surface area contributed by atoms with Crippen molar-refractivity contribution in [3.63, 3.8) is 0 Å². The van der Waals surface area contributed by atoms with Crippen molar-refractivity contribution in [2.75, 3.05) is 7.05 Å². The number of benzene rings is 1. The van der Waals surface area contributed by atoms with Crippen molar-refractivity contribution in [3.05, 3.63) is 42.5 Å². The van der Waals surface area contributed by atoms with Crippen LogP contribution in [0, 0.1) is 0 Å². The molecule has 0 aromatic heterocycles. The van der Waals surface area contributed by atoms with Crippen LogP contribution < -0.4 is 4.72 Å². The van der Waals surface area contributed by atoms with Gasteiger partial charge in [0.05, 0.1) is 0 Å². The molecule has 82 valence electrons. The van der Waals surface area contributed by atoms with Gasteiger partial charge >= 0.3 is 0 Å². The summed E-state index contributed by atoms with van der Waals surface area (Å²) in [6.45, 7) is 11.5. The first kappa shape index (κ1) is 14.0. The second kappa shape index (κ2) is 8.33. The Bertz CT molecular complexity index is 318. The maximum Gasteiger partial charge on any atom is 0.0234 e. The average molecular weight is 221 g/mol. The van der Waals surface area contributed by atoms with Gasteiger partial charge < -0.3 is 0 Å². The lowest BCUT2D eigenvalue weighted by Gasteiger charge is -2.04. The molecule has 0 heterocycles. The van der Waals surface area contributed by atoms with Crippen LogP contribution in [0.1, 0.15) is 25.0 Å². The zero-order valence-electron chi connectivity index (χ0n) is 9.71. The van der Waals surface area contributed by atoms with Gasteiger partial charge in [-0.15, -0.1) is 0 Å². The van der Waals surface area contributed by atoms with Crippen molar-refractivity contribution in [1.29, 1.82) is 0 Å². The van der Waals surface area contributed by atoms with Gasteiger partial charge in [0.15, 0.2) is 0 Å². The van der Waals surface area contributed by atoms with Gasteiger partial charge in [-0.05, 0) is 42.3 Å². The highest BCUT2D eigenvalue weighted by Gasteiger charge is 1.97. The van der Waals surface area contributed by atoms with Crippen molar-refractivity contribution in [2.45, 2.75) is 18.7 Å². The molecule has 0 saturated carbocycles. The van der Waals surface area contributed by atoms with E-state index in [1.807, 2.05) is 39.1 Å². The molecule has 0 atom stereocenters. The molecule has 0 radical (unpaired) electrons. The van der Waals surface area contributed by atoms with Crippen LogP contribution in [0.5, 0.6) is 0 Å². The van der Waals surface area contributed by atoms with E-state index < -0.39 is 0 Å². The van der Waals surface area contributed by atoms with Crippen LogP contribution in [0.25, 0.3) is 12.2 Å². The first-order valence-electron chi connectivity index (χ1n) is 5.04. The molecule has 0 saturated heterocycles. The average Bonchev–Trinajstić information content (AvgIpc) is 2.32. The summed E-state index contributed by atoms with van der Waals surface area (Å²) in [4.78, 5) is 1.18. The third kappa shape index (κ3) is 4.36. The van der Waals surface area contributed by atoms with Crippen molar-refractivity contribution in [2.24, 2.45) is 0 Å². The van der Waals surface area contributed by atoms with E-state index in [1.54, 1.807) is 11.9 Å². The molecule has 0 bridgehead atoms. The summed E-state index contributed by atoms with van der Waals surface area (Å²) < 4.78 is 3.03. The van der Waals surface area contributed by atoms with Gasteiger partial charge in [-0.1, -0.05) is 45.2 Å². The van der Waals surface area contributed by atoms with Gasteiger partial charge in [-0.2, -0.15) is 0 Å². The fourth-order valence-electron chi connectivity index (χ4n) is 1.10. The fraction of sp³-hybridized carbons (Fsp3) is 0.231. The van der Waals surface area contributed by atoms with E-state index in [0.29, 0.717) is 0 Å². The Labute approximate surface area is 97.4 Å². The summed E-state index contributed by atoms with van der Waals surface area (Å²) in [7, 11) is 1.90. The van der Waals surface area contributed by atoms with Gasteiger partial charge in [0.2, 0.25) is 0 Å². The molecule has 0 unspecified atom stereocenters. The van der Waals surface area contributed by atoms with Crippen molar-refractivity contribution in [3.8, 4) is 0 Å². The zero-order chi connectivity index (χ0) is 11.7. The number of hydrogen-bond donors (Lipinski definition) is 1. The third-order valence-corrected chi connectivity index (χ3v) is 2.41. The maximum atomic E-state index is 3.76. The molecule has 0 aliphatic heterocycles. The molecular formula is C13H19NS. The fourth-order valence-corrected chi connectivity index (χ4v) is 1.65. The maximum absolute atomic E-state index is 3.76. The lowest BCUT2D eigenvalue weighted by Crippen LogP contribution is -1.91. The van der Waals surface area contributed by atoms with Gasteiger partial charge in [0, 0.05) is 4.90 Å². The molecule has 1 aromatic carbocycles. The molecule has 2 heteroatoms. The lowest BCUT2D eigenvalue weighted by molar-refractivity contribution is 1.27. The zero-order valence-corrected chi connectivity index (χ0v) is 10.5. The highest BCUT2D eigenvalue weighted by atomic mass is 32.2. The predicted molar refractivity (Wildman–Crippen MR) is 72.9 cm³/mol. The van der Waals surface area contributed by atoms with Gasteiger partial charge in [0.25, 0.3) is 0 Å². The molecule has 0 fully saturated rings. The molecule has 0 aliphatic carbocycles. The quantitative estimate of drug-likeness (QED) is 0.764. The second-order valence-electron chi connectivity index (χ2n) is 2.51. The van der Waals surface area contributed by atoms with E-state index in [4.69, 9.17) is 0 Å². The molecule has 0 spiro atoms. The topological polar surface area (TPSA) is 12.0 Å². The van der Waals surface area contributed by atoms with E-state index >= 15 is 0 Å². The summed E-state index contributed by atoms with van der Waals surface area (Å²) in [5.74, 6) is 0. The van der Waals surface area contributed by atoms with Crippen molar-refractivity contribution < 1.29 is 0 Å². The van der Waals surface area contributed by atoms with E-state index in [9.17, 15) is 0 Å². The molecule has 1 rings (SSSR count). The van der Waals surface area contributed by atoms with Crippen LogP contribution in [0.4, 0.5) is 0 Å². The Balaban J connectivity index is 0.000000921. The minimum atomic E-state index is 1.12. The van der Waals surface area contributed by atoms with Crippen LogP contribution >= 0.6 is 11.9 Å². The van der Waals surface area contributed by atoms with E-state index in [1.165, 1.54) is 4.90 Å². The summed E-state index contributed by atoms with van der Waals surface area (Å²) in [5.41, 5.74) is 2.24. The number of nitrogens with one attached hydrogen (secondary N) is 1. The van der Waals surface area contributed by atoms with Crippen LogP contribution in [0.2, 0.25) is 0 Å². The lowest BCUT2D eigenvalue weighted by atomic mass is 10.1. The summed E-state index contributed by atoms with van der Waals surface area (Å²) in [5, 5.41) is 0. The Kier molecular flexibility index (Phi) is 7.78. The van der Waals surface area contributed by atoms with Gasteiger partial charge in [-0.25, -0.2) is 0 Å². The Hall–Kier alpha value is -0.990. The normalized spacial score (nSPS) is 8.73. The smallest absolute Gasteiger partial charge is 0.0234 e. The van der Waals surface area contributed by atoms with Crippen molar-refractivity contribution >= 4 is 24.1 Å². The predicted octanol–water partition coefficient (Wildman–Crippen LogP) is 4.23. The first-order chi connectivity index (χ1) is 7.31. The summed E-state index contributed by atoms with van der Waals surface area (Å²) in [6.07, 6.45) is 3.68. The van der Waals surface area contributed by atoms with E-state index in [2.05, 4.69) is 30.0 Å². The molecule has 1 aromatic rings. The minimum absolute atomic E-state index is 1.12. The Morgan fingerprint density at radius 3 is 2.20 bits per heavy atom. The Morgan fingerprint density at radius 2 is 1.73 bits per heavy atom.